The molecule has 1 nitrogen and oxygen atoms in total. The molecule has 1 atom stereocenters. The van der Waals surface area contributed by atoms with Gasteiger partial charge in [-0.25, -0.2) is 0 Å². The van der Waals surface area contributed by atoms with Crippen molar-refractivity contribution in [2.75, 3.05) is 6.61 Å². The van der Waals surface area contributed by atoms with Crippen LogP contribution in [0.1, 0.15) is 45.4 Å². The normalized spacial score (nSPS) is 11.5. The second kappa shape index (κ2) is 9.70. The molecule has 0 spiro atoms. The molecule has 0 saturated heterocycles. The molecule has 1 aromatic carbocycles. The van der Waals surface area contributed by atoms with E-state index in [1.165, 1.54) is 32.1 Å². The van der Waals surface area contributed by atoms with Gasteiger partial charge in [0.25, 0.3) is 0 Å². The quantitative estimate of drug-likeness (QED) is 0.480. The van der Waals surface area contributed by atoms with Crippen molar-refractivity contribution in [1.82, 2.24) is 0 Å². The molecule has 0 heterocycles. The van der Waals surface area contributed by atoms with Gasteiger partial charge in [-0.15, -0.1) is 0 Å². The Morgan fingerprint density at radius 1 is 1.00 bits per heavy atom. The minimum absolute atomic E-state index is 0.816. The summed E-state index contributed by atoms with van der Waals surface area (Å²) in [5.74, 6) is 0. The highest BCUT2D eigenvalue weighted by Crippen LogP contribution is 2.22. The van der Waals surface area contributed by atoms with Crippen molar-refractivity contribution in [2.45, 2.75) is 45.4 Å². The number of hydrogen-bond donors (Lipinski definition) is 0. The minimum atomic E-state index is -0.820. The van der Waals surface area contributed by atoms with Crippen LogP contribution in [-0.4, -0.2) is 6.61 Å². The maximum atomic E-state index is 5.71. The molecule has 0 bridgehead atoms. The summed E-state index contributed by atoms with van der Waals surface area (Å²) in [4.78, 5) is 0. The summed E-state index contributed by atoms with van der Waals surface area (Å²) in [5.41, 5.74) is 0. The number of benzene rings is 1. The zero-order valence-corrected chi connectivity index (χ0v) is 12.3. The standard InChI is InChI=1S/C14H22OPS/c1-2-3-4-5-6-10-13-15-16(17)14-11-8-7-9-12-14/h7-9,11-12H,2-6,10,13H2,1H3/q+1. The molecule has 17 heavy (non-hydrogen) atoms. The molecule has 0 fully saturated rings. The Bertz CT molecular complexity index is 313. The van der Waals surface area contributed by atoms with Crippen LogP contribution in [0.25, 0.3) is 0 Å². The Morgan fingerprint density at radius 2 is 1.65 bits per heavy atom. The first-order chi connectivity index (χ1) is 8.34. The van der Waals surface area contributed by atoms with E-state index in [1.807, 2.05) is 18.2 Å². The van der Waals surface area contributed by atoms with E-state index in [-0.39, 0.29) is 0 Å². The molecule has 0 aliphatic carbocycles. The van der Waals surface area contributed by atoms with Crippen molar-refractivity contribution in [3.05, 3.63) is 30.3 Å². The summed E-state index contributed by atoms with van der Waals surface area (Å²) in [5, 5.41) is 1.16. The fraction of sp³-hybridized carbons (Fsp3) is 0.571. The zero-order valence-electron chi connectivity index (χ0n) is 10.6. The average molecular weight is 269 g/mol. The van der Waals surface area contributed by atoms with Gasteiger partial charge in [0.15, 0.2) is 5.30 Å². The van der Waals surface area contributed by atoms with E-state index in [4.69, 9.17) is 16.3 Å². The first kappa shape index (κ1) is 14.8. The number of unbranched alkanes of at least 4 members (excludes halogenated alkanes) is 5. The van der Waals surface area contributed by atoms with Crippen LogP contribution in [0.15, 0.2) is 30.3 Å². The van der Waals surface area contributed by atoms with E-state index in [2.05, 4.69) is 19.1 Å². The Kier molecular flexibility index (Phi) is 8.42. The zero-order chi connectivity index (χ0) is 12.3. The van der Waals surface area contributed by atoms with E-state index >= 15 is 0 Å². The fourth-order valence-corrected chi connectivity index (χ4v) is 3.10. The smallest absolute Gasteiger partial charge is 0.164 e. The molecule has 0 N–H and O–H groups in total. The van der Waals surface area contributed by atoms with Gasteiger partial charge in [-0.2, -0.15) is 4.52 Å². The minimum Gasteiger partial charge on any atom is -0.164 e. The third-order valence-electron chi connectivity index (χ3n) is 2.67. The molecule has 0 saturated carbocycles. The fourth-order valence-electron chi connectivity index (χ4n) is 1.65. The maximum Gasteiger partial charge on any atom is 0.377 e. The molecule has 0 aliphatic heterocycles. The van der Waals surface area contributed by atoms with Crippen molar-refractivity contribution >= 4 is 24.0 Å². The SMILES string of the molecule is CCCCCCCCO[P+](=S)c1ccccc1. The summed E-state index contributed by atoms with van der Waals surface area (Å²) in [6.45, 7) is 2.24. The highest BCUT2D eigenvalue weighted by atomic mass is 32.4. The van der Waals surface area contributed by atoms with Crippen LogP contribution in [-0.2, 0) is 16.3 Å². The Hall–Kier alpha value is -0.300. The van der Waals surface area contributed by atoms with Crippen LogP contribution in [0.2, 0.25) is 0 Å². The second-order valence-corrected chi connectivity index (χ2v) is 6.48. The van der Waals surface area contributed by atoms with Crippen molar-refractivity contribution in [3.8, 4) is 0 Å². The molecular formula is C14H22OPS+. The van der Waals surface area contributed by atoms with Crippen LogP contribution < -0.4 is 5.30 Å². The van der Waals surface area contributed by atoms with Crippen LogP contribution in [0, 0.1) is 0 Å². The molecule has 3 heteroatoms. The van der Waals surface area contributed by atoms with E-state index < -0.39 is 6.92 Å². The van der Waals surface area contributed by atoms with Crippen LogP contribution in [0.3, 0.4) is 0 Å². The Morgan fingerprint density at radius 3 is 2.35 bits per heavy atom. The molecule has 0 aromatic heterocycles. The van der Waals surface area contributed by atoms with Gasteiger partial charge in [-0.05, 0) is 18.6 Å². The maximum absolute atomic E-state index is 5.71. The van der Waals surface area contributed by atoms with Crippen LogP contribution >= 0.6 is 6.92 Å². The lowest BCUT2D eigenvalue weighted by Gasteiger charge is -1.98. The van der Waals surface area contributed by atoms with E-state index in [1.54, 1.807) is 0 Å². The number of hydrogen-bond acceptors (Lipinski definition) is 2. The molecule has 94 valence electrons. The third-order valence-corrected chi connectivity index (χ3v) is 4.76. The first-order valence-corrected chi connectivity index (χ1v) is 8.77. The Balaban J connectivity index is 2.05. The van der Waals surface area contributed by atoms with Crippen molar-refractivity contribution < 1.29 is 4.52 Å². The van der Waals surface area contributed by atoms with Gasteiger partial charge >= 0.3 is 6.92 Å². The lowest BCUT2D eigenvalue weighted by atomic mass is 10.1. The topological polar surface area (TPSA) is 9.23 Å². The summed E-state index contributed by atoms with van der Waals surface area (Å²) in [7, 11) is 0. The van der Waals surface area contributed by atoms with Crippen LogP contribution in [0.5, 0.6) is 0 Å². The molecular weight excluding hydrogens is 247 g/mol. The van der Waals surface area contributed by atoms with Crippen molar-refractivity contribution in [3.63, 3.8) is 0 Å². The molecule has 0 amide bonds. The summed E-state index contributed by atoms with van der Waals surface area (Å²) in [6.07, 6.45) is 7.77. The summed E-state index contributed by atoms with van der Waals surface area (Å²) < 4.78 is 5.71. The van der Waals surface area contributed by atoms with Crippen LogP contribution in [0.4, 0.5) is 0 Å². The highest BCUT2D eigenvalue weighted by molar-refractivity contribution is 8.06. The predicted molar refractivity (Wildman–Crippen MR) is 79.7 cm³/mol. The van der Waals surface area contributed by atoms with Gasteiger partial charge in [0, 0.05) is 0 Å². The lowest BCUT2D eigenvalue weighted by molar-refractivity contribution is 0.347. The molecule has 1 unspecified atom stereocenters. The van der Waals surface area contributed by atoms with Gasteiger partial charge in [-0.1, -0.05) is 57.2 Å². The summed E-state index contributed by atoms with van der Waals surface area (Å²) in [6, 6.07) is 10.2. The first-order valence-electron chi connectivity index (χ1n) is 6.50. The van der Waals surface area contributed by atoms with Gasteiger partial charge in [0.1, 0.15) is 6.61 Å². The average Bonchev–Trinajstić information content (AvgIpc) is 2.38. The van der Waals surface area contributed by atoms with E-state index in [0.29, 0.717) is 0 Å². The van der Waals surface area contributed by atoms with Gasteiger partial charge < -0.3 is 0 Å². The van der Waals surface area contributed by atoms with E-state index in [0.717, 1.165) is 18.3 Å². The second-order valence-electron chi connectivity index (χ2n) is 4.19. The van der Waals surface area contributed by atoms with Crippen molar-refractivity contribution in [1.29, 1.82) is 0 Å². The third kappa shape index (κ3) is 6.88. The monoisotopic (exact) mass is 269 g/mol. The molecule has 0 aliphatic rings. The predicted octanol–water partition coefficient (Wildman–Crippen LogP) is 4.55. The van der Waals surface area contributed by atoms with Gasteiger partial charge in [-0.3, -0.25) is 0 Å². The highest BCUT2D eigenvalue weighted by Gasteiger charge is 2.14. The Labute approximate surface area is 111 Å². The lowest BCUT2D eigenvalue weighted by Crippen LogP contribution is -1.97. The molecule has 1 aromatic rings. The van der Waals surface area contributed by atoms with E-state index in [9.17, 15) is 0 Å². The van der Waals surface area contributed by atoms with Crippen molar-refractivity contribution in [2.24, 2.45) is 0 Å². The molecule has 0 radical (unpaired) electrons. The largest absolute Gasteiger partial charge is 0.377 e. The van der Waals surface area contributed by atoms with Gasteiger partial charge in [0.2, 0.25) is 11.8 Å². The molecule has 1 rings (SSSR count). The number of rotatable bonds is 9. The summed E-state index contributed by atoms with van der Waals surface area (Å²) >= 11 is 5.37. The van der Waals surface area contributed by atoms with Gasteiger partial charge in [0.05, 0.1) is 0 Å².